The van der Waals surface area contributed by atoms with E-state index < -0.39 is 0 Å². The summed E-state index contributed by atoms with van der Waals surface area (Å²) in [6.45, 7) is 10.9. The second-order valence-electron chi connectivity index (χ2n) is 8.21. The van der Waals surface area contributed by atoms with Gasteiger partial charge in [-0.15, -0.1) is 0 Å². The molecule has 0 aromatic carbocycles. The number of piperidine rings is 1. The first-order valence-electron chi connectivity index (χ1n) is 11.4. The first-order chi connectivity index (χ1) is 15.1. The second kappa shape index (κ2) is 10.9. The third-order valence-electron chi connectivity index (χ3n) is 5.89. The van der Waals surface area contributed by atoms with Gasteiger partial charge in [0.1, 0.15) is 11.2 Å². The highest BCUT2D eigenvalue weighted by Gasteiger charge is 2.29. The topological polar surface area (TPSA) is 57.9 Å². The molecule has 0 radical (unpaired) electrons. The number of pyridine rings is 1. The van der Waals surface area contributed by atoms with Crippen molar-refractivity contribution in [3.8, 4) is 0 Å². The molecule has 6 heteroatoms. The van der Waals surface area contributed by atoms with Crippen molar-refractivity contribution >= 4 is 11.6 Å². The highest BCUT2D eigenvalue weighted by molar-refractivity contribution is 5.93. The molecule has 0 N–H and O–H groups in total. The molecule has 1 amide bonds. The summed E-state index contributed by atoms with van der Waals surface area (Å²) in [5, 5.41) is 0. The fourth-order valence-corrected chi connectivity index (χ4v) is 4.02. The van der Waals surface area contributed by atoms with Crippen LogP contribution < -0.4 is 5.56 Å². The summed E-state index contributed by atoms with van der Waals surface area (Å²) in [6, 6.07) is 5.35. The molecule has 3 rings (SSSR count). The lowest BCUT2D eigenvalue weighted by atomic mass is 9.94. The van der Waals surface area contributed by atoms with Gasteiger partial charge in [0.15, 0.2) is 0 Å². The summed E-state index contributed by atoms with van der Waals surface area (Å²) in [7, 11) is 0. The van der Waals surface area contributed by atoms with E-state index >= 15 is 0 Å². The van der Waals surface area contributed by atoms with E-state index in [1.165, 1.54) is 10.6 Å². The number of carbonyl (C=O) groups excluding carboxylic acids is 1. The van der Waals surface area contributed by atoms with Gasteiger partial charge in [-0.1, -0.05) is 45.4 Å². The molecule has 3 heterocycles. The molecule has 1 saturated heterocycles. The van der Waals surface area contributed by atoms with Gasteiger partial charge in [0.05, 0.1) is 0 Å². The molecule has 1 aliphatic rings. The molecular formula is C25H34N4O2. The minimum atomic E-state index is -0.316. The van der Waals surface area contributed by atoms with E-state index in [4.69, 9.17) is 0 Å². The minimum absolute atomic E-state index is 0.126. The van der Waals surface area contributed by atoms with Crippen LogP contribution in [0.5, 0.6) is 0 Å². The lowest BCUT2D eigenvalue weighted by molar-refractivity contribution is 0.0678. The standard InChI is InChI=1S/C25H34N4O2/c1-4-6-9-15-27(14-7-5-2)20(3)21-12-11-16-28(19-21)24(30)22-18-26-23-13-8-10-17-29(23)25(22)31/h8-10,13,15,17-18,21H,3-7,11-12,14,16,19H2,1-2H3/b15-9-. The first kappa shape index (κ1) is 22.8. The smallest absolute Gasteiger partial charge is 0.270 e. The number of amides is 1. The molecule has 1 fully saturated rings. The predicted octanol–water partition coefficient (Wildman–Crippen LogP) is 4.48. The number of hydrogen-bond acceptors (Lipinski definition) is 4. The highest BCUT2D eigenvalue weighted by atomic mass is 16.2. The van der Waals surface area contributed by atoms with Gasteiger partial charge in [-0.3, -0.25) is 14.0 Å². The molecule has 1 aliphatic heterocycles. The molecule has 0 bridgehead atoms. The number of nitrogens with zero attached hydrogens (tertiary/aromatic N) is 4. The summed E-state index contributed by atoms with van der Waals surface area (Å²) in [6.07, 6.45) is 13.7. The average molecular weight is 423 g/mol. The number of likely N-dealkylation sites (tertiary alicyclic amines) is 1. The fraction of sp³-hybridized carbons (Fsp3) is 0.480. The summed E-state index contributed by atoms with van der Waals surface area (Å²) in [5.74, 6) is -0.0492. The third kappa shape index (κ3) is 5.43. The monoisotopic (exact) mass is 422 g/mol. The maximum Gasteiger partial charge on any atom is 0.270 e. The number of aromatic nitrogens is 2. The number of allylic oxidation sites excluding steroid dienone is 1. The van der Waals surface area contributed by atoms with Gasteiger partial charge in [-0.25, -0.2) is 4.98 Å². The summed E-state index contributed by atoms with van der Waals surface area (Å²) >= 11 is 0. The highest BCUT2D eigenvalue weighted by Crippen LogP contribution is 2.26. The maximum atomic E-state index is 13.2. The van der Waals surface area contributed by atoms with Crippen LogP contribution in [-0.2, 0) is 0 Å². The van der Waals surface area contributed by atoms with Crippen LogP contribution in [0.1, 0.15) is 62.7 Å². The van der Waals surface area contributed by atoms with Gasteiger partial charge in [0.2, 0.25) is 0 Å². The molecule has 1 unspecified atom stereocenters. The third-order valence-corrected chi connectivity index (χ3v) is 5.89. The number of unbranched alkanes of at least 4 members (excludes halogenated alkanes) is 2. The zero-order valence-electron chi connectivity index (χ0n) is 18.8. The SMILES string of the molecule is C=C(C1CCCN(C(=O)c2cnc3ccccn3c2=O)C1)N(/C=C\CCC)CCCC. The zero-order valence-corrected chi connectivity index (χ0v) is 18.8. The van der Waals surface area contributed by atoms with Crippen molar-refractivity contribution in [1.82, 2.24) is 19.2 Å². The Balaban J connectivity index is 1.76. The Hall–Kier alpha value is -2.89. The first-order valence-corrected chi connectivity index (χ1v) is 11.4. The Labute approximate surface area is 184 Å². The van der Waals surface area contributed by atoms with Gasteiger partial charge in [0, 0.05) is 43.6 Å². The van der Waals surface area contributed by atoms with Crippen LogP contribution in [0, 0.1) is 5.92 Å². The molecule has 2 aromatic heterocycles. The van der Waals surface area contributed by atoms with E-state index in [1.54, 1.807) is 23.2 Å². The largest absolute Gasteiger partial charge is 0.352 e. The van der Waals surface area contributed by atoms with Crippen LogP contribution in [0.25, 0.3) is 5.65 Å². The predicted molar refractivity (Wildman–Crippen MR) is 125 cm³/mol. The van der Waals surface area contributed by atoms with Gasteiger partial charge in [0.25, 0.3) is 11.5 Å². The lowest BCUT2D eigenvalue weighted by Crippen LogP contribution is -2.44. The van der Waals surface area contributed by atoms with E-state index in [9.17, 15) is 9.59 Å². The van der Waals surface area contributed by atoms with E-state index in [0.29, 0.717) is 18.7 Å². The van der Waals surface area contributed by atoms with Gasteiger partial charge < -0.3 is 9.80 Å². The lowest BCUT2D eigenvalue weighted by Gasteiger charge is -2.37. The van der Waals surface area contributed by atoms with Crippen LogP contribution in [0.15, 0.2) is 59.9 Å². The molecule has 166 valence electrons. The Morgan fingerprint density at radius 1 is 1.32 bits per heavy atom. The zero-order chi connectivity index (χ0) is 22.2. The molecule has 0 aliphatic carbocycles. The Bertz CT molecular complexity index is 994. The van der Waals surface area contributed by atoms with E-state index in [1.807, 2.05) is 6.07 Å². The summed E-state index contributed by atoms with van der Waals surface area (Å²) in [4.78, 5) is 34.4. The molecule has 0 spiro atoms. The number of fused-ring (bicyclic) bond motifs is 1. The summed E-state index contributed by atoms with van der Waals surface area (Å²) < 4.78 is 1.43. The van der Waals surface area contributed by atoms with Gasteiger partial charge >= 0.3 is 0 Å². The van der Waals surface area contributed by atoms with Crippen molar-refractivity contribution in [2.45, 2.75) is 52.4 Å². The molecule has 1 atom stereocenters. The van der Waals surface area contributed by atoms with Crippen LogP contribution in [0.2, 0.25) is 0 Å². The summed E-state index contributed by atoms with van der Waals surface area (Å²) in [5.41, 5.74) is 1.41. The van der Waals surface area contributed by atoms with Crippen molar-refractivity contribution in [3.05, 3.63) is 71.1 Å². The molecule has 31 heavy (non-hydrogen) atoms. The fourth-order valence-electron chi connectivity index (χ4n) is 4.02. The molecule has 2 aromatic rings. The number of rotatable bonds is 9. The van der Waals surface area contributed by atoms with Crippen molar-refractivity contribution in [1.29, 1.82) is 0 Å². The van der Waals surface area contributed by atoms with Crippen molar-refractivity contribution in [2.24, 2.45) is 5.92 Å². The van der Waals surface area contributed by atoms with E-state index in [0.717, 1.165) is 50.8 Å². The Kier molecular flexibility index (Phi) is 8.04. The van der Waals surface area contributed by atoms with Crippen LogP contribution >= 0.6 is 0 Å². The van der Waals surface area contributed by atoms with Gasteiger partial charge in [-0.05, 0) is 44.0 Å². The minimum Gasteiger partial charge on any atom is -0.352 e. The number of carbonyl (C=O) groups is 1. The molecule has 0 saturated carbocycles. The maximum absolute atomic E-state index is 13.2. The molecular weight excluding hydrogens is 388 g/mol. The van der Waals surface area contributed by atoms with Crippen molar-refractivity contribution in [3.63, 3.8) is 0 Å². The van der Waals surface area contributed by atoms with Crippen LogP contribution in [0.3, 0.4) is 0 Å². The van der Waals surface area contributed by atoms with E-state index in [2.05, 4.69) is 42.6 Å². The number of hydrogen-bond donors (Lipinski definition) is 0. The average Bonchev–Trinajstić information content (AvgIpc) is 2.81. The Morgan fingerprint density at radius 3 is 2.94 bits per heavy atom. The van der Waals surface area contributed by atoms with Crippen molar-refractivity contribution < 1.29 is 4.79 Å². The van der Waals surface area contributed by atoms with Crippen molar-refractivity contribution in [2.75, 3.05) is 19.6 Å². The van der Waals surface area contributed by atoms with E-state index in [-0.39, 0.29) is 22.9 Å². The van der Waals surface area contributed by atoms with Crippen LogP contribution in [-0.4, -0.2) is 44.7 Å². The van der Waals surface area contributed by atoms with Gasteiger partial charge in [-0.2, -0.15) is 0 Å². The second-order valence-corrected chi connectivity index (χ2v) is 8.21. The quantitative estimate of drug-likeness (QED) is 0.598. The van der Waals surface area contributed by atoms with Crippen LogP contribution in [0.4, 0.5) is 0 Å². The Morgan fingerprint density at radius 2 is 2.16 bits per heavy atom. The molecule has 6 nitrogen and oxygen atoms in total. The normalized spacial score (nSPS) is 16.7.